The molecule has 0 saturated heterocycles. The quantitative estimate of drug-likeness (QED) is 0.669. The van der Waals surface area contributed by atoms with Crippen molar-refractivity contribution in [3.63, 3.8) is 0 Å². The Bertz CT molecular complexity index is 89.5. The number of hydrogen-bond acceptors (Lipinski definition) is 1. The molecule has 0 bridgehead atoms. The van der Waals surface area contributed by atoms with Gasteiger partial charge >= 0.3 is 12.1 Å². The number of carboxylic acids is 1. The number of rotatable bonds is 0. The molecule has 0 aromatic carbocycles. The Morgan fingerprint density at radius 3 is 1.44 bits per heavy atom. The van der Waals surface area contributed by atoms with Gasteiger partial charge in [0.15, 0.2) is 0 Å². The molecular weight excluding hydrogens is 281 g/mol. The molecule has 57 valence electrons. The first kappa shape index (κ1) is 16.4. The van der Waals surface area contributed by atoms with E-state index in [2.05, 4.69) is 0 Å². The van der Waals surface area contributed by atoms with Gasteiger partial charge in [-0.1, -0.05) is 0 Å². The zero-order valence-electron chi connectivity index (χ0n) is 3.87. The van der Waals surface area contributed by atoms with Crippen molar-refractivity contribution in [1.82, 2.24) is 0 Å². The molecule has 0 saturated carbocycles. The molecule has 3 nitrogen and oxygen atoms in total. The van der Waals surface area contributed by atoms with Gasteiger partial charge in [0.05, 0.1) is 0 Å². The van der Waals surface area contributed by atoms with Gasteiger partial charge in [-0.05, 0) is 0 Å². The van der Waals surface area contributed by atoms with E-state index in [1.807, 2.05) is 0 Å². The van der Waals surface area contributed by atoms with Crippen LogP contribution in [0.3, 0.4) is 0 Å². The summed E-state index contributed by atoms with van der Waals surface area (Å²) in [5.41, 5.74) is 0. The first-order chi connectivity index (χ1) is 2.94. The number of hydrogen-bond donors (Lipinski definition) is 1. The molecule has 0 fully saturated rings. The maximum atomic E-state index is 10.6. The van der Waals surface area contributed by atoms with E-state index in [1.54, 1.807) is 0 Å². The van der Waals surface area contributed by atoms with Crippen molar-refractivity contribution in [2.45, 2.75) is 6.18 Å². The minimum absolute atomic E-state index is 0. The van der Waals surface area contributed by atoms with Crippen LogP contribution in [0, 0.1) is 49.4 Å². The Morgan fingerprint density at radius 2 is 1.44 bits per heavy atom. The van der Waals surface area contributed by atoms with Crippen molar-refractivity contribution in [2.24, 2.45) is 0 Å². The first-order valence-electron chi connectivity index (χ1n) is 1.24. The second kappa shape index (κ2) is 5.58. The Balaban J connectivity index is -0.000000180. The van der Waals surface area contributed by atoms with Gasteiger partial charge in [0.1, 0.15) is 0 Å². The summed E-state index contributed by atoms with van der Waals surface area (Å²) in [6, 6.07) is 0. The summed E-state index contributed by atoms with van der Waals surface area (Å²) < 4.78 is 31.7. The first-order valence-corrected chi connectivity index (χ1v) is 1.24. The molecule has 0 aliphatic carbocycles. The molecule has 7 heteroatoms. The van der Waals surface area contributed by atoms with Gasteiger partial charge in [-0.25, -0.2) is 4.79 Å². The topological polar surface area (TPSA) is 68.8 Å². The Morgan fingerprint density at radius 1 is 1.33 bits per heavy atom. The van der Waals surface area contributed by atoms with Gasteiger partial charge in [0.2, 0.25) is 0 Å². The third-order valence-electron chi connectivity index (χ3n) is 0.243. The van der Waals surface area contributed by atoms with E-state index in [4.69, 9.17) is 9.90 Å². The van der Waals surface area contributed by atoms with Crippen LogP contribution in [-0.2, 0) is 4.79 Å². The van der Waals surface area contributed by atoms with E-state index in [0.29, 0.717) is 0 Å². The van der Waals surface area contributed by atoms with Crippen LogP contribution in [0.4, 0.5) is 13.2 Å². The number of halogens is 3. The van der Waals surface area contributed by atoms with Gasteiger partial charge in [0, 0.05) is 49.4 Å². The van der Waals surface area contributed by atoms with Crippen molar-refractivity contribution >= 4 is 5.97 Å². The van der Waals surface area contributed by atoms with Crippen molar-refractivity contribution in [3.8, 4) is 0 Å². The van der Waals surface area contributed by atoms with Crippen LogP contribution < -0.4 is 0 Å². The minimum Gasteiger partial charge on any atom is -0.475 e. The standard InChI is InChI=1S/C2HF3O2.Eu.H2O/c3-2(4,5)1(6)7;;/h(H,6,7);;1H2. The summed E-state index contributed by atoms with van der Waals surface area (Å²) in [7, 11) is 0. The molecular formula is C2H3EuF3O3. The van der Waals surface area contributed by atoms with Crippen molar-refractivity contribution < 1.29 is 77.9 Å². The molecule has 0 aromatic heterocycles. The SMILES string of the molecule is O.O=C(O)C(F)(F)F.[Eu]. The molecule has 0 aliphatic heterocycles. The van der Waals surface area contributed by atoms with E-state index in [0.717, 1.165) is 0 Å². The summed E-state index contributed by atoms with van der Waals surface area (Å²) in [4.78, 5) is 8.90. The number of aliphatic carboxylic acids is 1. The number of carbonyl (C=O) groups is 1. The van der Waals surface area contributed by atoms with Crippen LogP contribution in [0.25, 0.3) is 0 Å². The third kappa shape index (κ3) is 8.80. The second-order valence-corrected chi connectivity index (χ2v) is 0.803. The van der Waals surface area contributed by atoms with Crippen molar-refractivity contribution in [1.29, 1.82) is 0 Å². The van der Waals surface area contributed by atoms with Crippen LogP contribution in [-0.4, -0.2) is 22.7 Å². The predicted molar refractivity (Wildman–Crippen MR) is 17.3 cm³/mol. The van der Waals surface area contributed by atoms with Crippen LogP contribution in [0.15, 0.2) is 0 Å². The van der Waals surface area contributed by atoms with E-state index in [-0.39, 0.29) is 54.9 Å². The Hall–Kier alpha value is 0.804. The minimum atomic E-state index is -5.08. The zero-order valence-corrected chi connectivity index (χ0v) is 6.29. The summed E-state index contributed by atoms with van der Waals surface area (Å²) >= 11 is 0. The van der Waals surface area contributed by atoms with Gasteiger partial charge in [0.25, 0.3) is 0 Å². The van der Waals surface area contributed by atoms with Gasteiger partial charge in [-0.15, -0.1) is 0 Å². The predicted octanol–water partition coefficient (Wildman–Crippen LogP) is -0.191. The molecule has 0 spiro atoms. The zero-order chi connectivity index (χ0) is 6.08. The molecule has 0 unspecified atom stereocenters. The van der Waals surface area contributed by atoms with Gasteiger partial charge in [-0.3, -0.25) is 0 Å². The van der Waals surface area contributed by atoms with E-state index >= 15 is 0 Å². The molecule has 0 aromatic rings. The third-order valence-corrected chi connectivity index (χ3v) is 0.243. The summed E-state index contributed by atoms with van der Waals surface area (Å²) in [6.45, 7) is 0. The van der Waals surface area contributed by atoms with Crippen LogP contribution in [0.2, 0.25) is 0 Å². The van der Waals surface area contributed by atoms with E-state index in [9.17, 15) is 13.2 Å². The van der Waals surface area contributed by atoms with Crippen LogP contribution in [0.5, 0.6) is 0 Å². The van der Waals surface area contributed by atoms with Gasteiger partial charge < -0.3 is 10.6 Å². The second-order valence-electron chi connectivity index (χ2n) is 0.803. The molecule has 0 amide bonds. The summed E-state index contributed by atoms with van der Waals surface area (Å²) in [5, 5.41) is 7.12. The van der Waals surface area contributed by atoms with Crippen molar-refractivity contribution in [3.05, 3.63) is 0 Å². The maximum absolute atomic E-state index is 10.6. The fraction of sp³-hybridized carbons (Fsp3) is 0.500. The molecule has 0 aliphatic rings. The van der Waals surface area contributed by atoms with Crippen molar-refractivity contribution in [2.75, 3.05) is 0 Å². The fourth-order valence-electron chi connectivity index (χ4n) is 0. The summed E-state index contributed by atoms with van der Waals surface area (Å²) in [6.07, 6.45) is -5.08. The fourth-order valence-corrected chi connectivity index (χ4v) is 0. The molecule has 0 atom stereocenters. The molecule has 9 heavy (non-hydrogen) atoms. The molecule has 0 rings (SSSR count). The average Bonchev–Trinajstić information content (AvgIpc) is 1.31. The van der Waals surface area contributed by atoms with E-state index < -0.39 is 12.1 Å². The monoisotopic (exact) mass is 285 g/mol. The smallest absolute Gasteiger partial charge is 0.475 e. The average molecular weight is 284 g/mol. The maximum Gasteiger partial charge on any atom is 0.490 e. The van der Waals surface area contributed by atoms with Gasteiger partial charge in [-0.2, -0.15) is 13.2 Å². The van der Waals surface area contributed by atoms with Crippen LogP contribution in [0.1, 0.15) is 0 Å². The largest absolute Gasteiger partial charge is 0.490 e. The number of alkyl halides is 3. The number of carboxylic acid groups (broad SMARTS) is 1. The Kier molecular flexibility index (Phi) is 10.2. The molecule has 1 radical (unpaired) electrons. The van der Waals surface area contributed by atoms with Crippen LogP contribution >= 0.6 is 0 Å². The molecule has 3 N–H and O–H groups in total. The normalized spacial score (nSPS) is 8.78. The van der Waals surface area contributed by atoms with E-state index in [1.165, 1.54) is 0 Å². The summed E-state index contributed by atoms with van der Waals surface area (Å²) in [5.74, 6) is -2.76. The molecule has 0 heterocycles. The Labute approximate surface area is 89.1 Å².